The fourth-order valence-electron chi connectivity index (χ4n) is 2.43. The van der Waals surface area contributed by atoms with Crippen molar-refractivity contribution >= 4 is 40.7 Å². The summed E-state index contributed by atoms with van der Waals surface area (Å²) in [4.78, 5) is 36.6. The highest BCUT2D eigenvalue weighted by Crippen LogP contribution is 2.21. The average molecular weight is 362 g/mol. The lowest BCUT2D eigenvalue weighted by molar-refractivity contribution is -0.122. The molecule has 0 saturated carbocycles. The third-order valence-corrected chi connectivity index (χ3v) is 3.93. The third kappa shape index (κ3) is 3.77. The Morgan fingerprint density at radius 3 is 2.72 bits per heavy atom. The zero-order valence-electron chi connectivity index (χ0n) is 12.8. The van der Waals surface area contributed by atoms with E-state index < -0.39 is 29.6 Å². The number of rotatable bonds is 3. The molecule has 3 rings (SSSR count). The highest BCUT2D eigenvalue weighted by atomic mass is 35.5. The molecule has 1 aliphatic rings. The van der Waals surface area contributed by atoms with Gasteiger partial charge in [-0.15, -0.1) is 0 Å². The lowest BCUT2D eigenvalue weighted by Gasteiger charge is -2.14. The first-order valence-electron chi connectivity index (χ1n) is 7.39. The Morgan fingerprint density at radius 1 is 1.20 bits per heavy atom. The lowest BCUT2D eigenvalue weighted by atomic mass is 10.1. The summed E-state index contributed by atoms with van der Waals surface area (Å²) in [6.07, 6.45) is -0.277. The molecule has 8 heteroatoms. The summed E-state index contributed by atoms with van der Waals surface area (Å²) in [7, 11) is 0. The second kappa shape index (κ2) is 6.90. The van der Waals surface area contributed by atoms with Crippen LogP contribution < -0.4 is 16.0 Å². The van der Waals surface area contributed by atoms with E-state index in [0.717, 1.165) is 6.07 Å². The van der Waals surface area contributed by atoms with Crippen molar-refractivity contribution in [2.45, 2.75) is 12.5 Å². The second-order valence-corrected chi connectivity index (χ2v) is 5.85. The molecule has 2 aromatic rings. The van der Waals surface area contributed by atoms with Crippen molar-refractivity contribution in [2.75, 3.05) is 10.6 Å². The summed E-state index contributed by atoms with van der Waals surface area (Å²) in [6.45, 7) is 0. The van der Waals surface area contributed by atoms with Crippen LogP contribution in [-0.4, -0.2) is 23.8 Å². The number of hydrogen-bond donors (Lipinski definition) is 3. The predicted octanol–water partition coefficient (Wildman–Crippen LogP) is 2.56. The maximum Gasteiger partial charge on any atom is 0.254 e. The Kier molecular flexibility index (Phi) is 4.67. The molecule has 0 aromatic heterocycles. The Balaban J connectivity index is 1.70. The molecule has 0 spiro atoms. The van der Waals surface area contributed by atoms with Crippen LogP contribution in [0.2, 0.25) is 5.02 Å². The van der Waals surface area contributed by atoms with Crippen LogP contribution in [0.5, 0.6) is 0 Å². The molecule has 0 bridgehead atoms. The number of benzene rings is 2. The quantitative estimate of drug-likeness (QED) is 0.785. The van der Waals surface area contributed by atoms with Crippen LogP contribution in [-0.2, 0) is 9.59 Å². The van der Waals surface area contributed by atoms with Crippen molar-refractivity contribution < 1.29 is 18.8 Å². The van der Waals surface area contributed by atoms with Crippen LogP contribution in [0.3, 0.4) is 0 Å². The summed E-state index contributed by atoms with van der Waals surface area (Å²) >= 11 is 5.66. The maximum atomic E-state index is 13.1. The molecule has 3 N–H and O–H groups in total. The molecule has 0 aliphatic carbocycles. The van der Waals surface area contributed by atoms with Crippen molar-refractivity contribution in [1.29, 1.82) is 0 Å². The molecule has 128 valence electrons. The van der Waals surface area contributed by atoms with E-state index in [4.69, 9.17) is 11.6 Å². The number of carbonyl (C=O) groups is 3. The monoisotopic (exact) mass is 361 g/mol. The van der Waals surface area contributed by atoms with Crippen molar-refractivity contribution in [3.8, 4) is 0 Å². The maximum absolute atomic E-state index is 13.1. The standard InChI is InChI=1S/C17H13ClFN3O3/c18-11-7-9(5-6-12(11)19)20-15(23)8-14-17(25)21-13-4-2-1-3-10(13)16(24)22-14/h1-7,14H,8H2,(H,20,23)(H,21,25)(H,22,24)/t14-/m1/s1. The molecule has 3 amide bonds. The second-order valence-electron chi connectivity index (χ2n) is 5.44. The van der Waals surface area contributed by atoms with Crippen LogP contribution in [0.25, 0.3) is 0 Å². The normalized spacial score (nSPS) is 16.3. The molecule has 0 radical (unpaired) electrons. The minimum Gasteiger partial charge on any atom is -0.340 e. The highest BCUT2D eigenvalue weighted by molar-refractivity contribution is 6.31. The van der Waals surface area contributed by atoms with Gasteiger partial charge in [-0.1, -0.05) is 23.7 Å². The summed E-state index contributed by atoms with van der Waals surface area (Å²) in [6, 6.07) is 9.25. The number of para-hydroxylation sites is 1. The van der Waals surface area contributed by atoms with E-state index in [0.29, 0.717) is 16.9 Å². The molecule has 1 aliphatic heterocycles. The zero-order chi connectivity index (χ0) is 18.0. The molecule has 1 atom stereocenters. The van der Waals surface area contributed by atoms with Crippen LogP contribution in [0, 0.1) is 5.82 Å². The predicted molar refractivity (Wildman–Crippen MR) is 91.0 cm³/mol. The van der Waals surface area contributed by atoms with Crippen LogP contribution in [0.4, 0.5) is 15.8 Å². The molecule has 0 saturated heterocycles. The molecule has 0 fully saturated rings. The molecular formula is C17H13ClFN3O3. The summed E-state index contributed by atoms with van der Waals surface area (Å²) in [5.41, 5.74) is 1.00. The first-order valence-corrected chi connectivity index (χ1v) is 7.77. The van der Waals surface area contributed by atoms with E-state index in [-0.39, 0.29) is 11.4 Å². The van der Waals surface area contributed by atoms with Crippen molar-refractivity contribution in [3.05, 3.63) is 58.9 Å². The summed E-state index contributed by atoms with van der Waals surface area (Å²) in [5, 5.41) is 7.52. The zero-order valence-corrected chi connectivity index (χ0v) is 13.6. The van der Waals surface area contributed by atoms with E-state index in [1.165, 1.54) is 12.1 Å². The van der Waals surface area contributed by atoms with Gasteiger partial charge >= 0.3 is 0 Å². The van der Waals surface area contributed by atoms with Gasteiger partial charge in [0.1, 0.15) is 11.9 Å². The topological polar surface area (TPSA) is 87.3 Å². The fourth-order valence-corrected chi connectivity index (χ4v) is 2.61. The van der Waals surface area contributed by atoms with E-state index in [1.807, 2.05) is 0 Å². The van der Waals surface area contributed by atoms with Crippen molar-refractivity contribution in [3.63, 3.8) is 0 Å². The first-order chi connectivity index (χ1) is 11.9. The minimum absolute atomic E-state index is 0.131. The number of fused-ring (bicyclic) bond motifs is 1. The Morgan fingerprint density at radius 2 is 1.96 bits per heavy atom. The van der Waals surface area contributed by atoms with Gasteiger partial charge in [-0.25, -0.2) is 4.39 Å². The Bertz CT molecular complexity index is 872. The Hall–Kier alpha value is -2.93. The number of nitrogens with one attached hydrogen (secondary N) is 3. The van der Waals surface area contributed by atoms with E-state index in [2.05, 4.69) is 16.0 Å². The molecule has 0 unspecified atom stereocenters. The van der Waals surface area contributed by atoms with E-state index in [1.54, 1.807) is 24.3 Å². The van der Waals surface area contributed by atoms with Gasteiger partial charge < -0.3 is 16.0 Å². The van der Waals surface area contributed by atoms with Gasteiger partial charge in [-0.3, -0.25) is 14.4 Å². The van der Waals surface area contributed by atoms with E-state index in [9.17, 15) is 18.8 Å². The van der Waals surface area contributed by atoms with Crippen LogP contribution in [0.15, 0.2) is 42.5 Å². The molecule has 2 aromatic carbocycles. The molecule has 6 nitrogen and oxygen atoms in total. The highest BCUT2D eigenvalue weighted by Gasteiger charge is 2.29. The van der Waals surface area contributed by atoms with Crippen LogP contribution in [0.1, 0.15) is 16.8 Å². The van der Waals surface area contributed by atoms with Gasteiger partial charge in [0.15, 0.2) is 0 Å². The fraction of sp³-hybridized carbons (Fsp3) is 0.118. The lowest BCUT2D eigenvalue weighted by Crippen LogP contribution is -2.43. The number of amides is 3. The minimum atomic E-state index is -1.03. The average Bonchev–Trinajstić information content (AvgIpc) is 2.68. The number of anilines is 2. The van der Waals surface area contributed by atoms with Crippen LogP contribution >= 0.6 is 11.6 Å². The van der Waals surface area contributed by atoms with Crippen molar-refractivity contribution in [1.82, 2.24) is 5.32 Å². The van der Waals surface area contributed by atoms with E-state index >= 15 is 0 Å². The molecule has 25 heavy (non-hydrogen) atoms. The smallest absolute Gasteiger partial charge is 0.254 e. The van der Waals surface area contributed by atoms with Gasteiger partial charge in [0, 0.05) is 5.69 Å². The van der Waals surface area contributed by atoms with Gasteiger partial charge in [0.2, 0.25) is 11.8 Å². The van der Waals surface area contributed by atoms with Crippen molar-refractivity contribution in [2.24, 2.45) is 0 Å². The SMILES string of the molecule is O=C(C[C@H]1NC(=O)c2ccccc2NC1=O)Nc1ccc(F)c(Cl)c1. The largest absolute Gasteiger partial charge is 0.340 e. The number of hydrogen-bond acceptors (Lipinski definition) is 3. The Labute approximate surface area is 147 Å². The van der Waals surface area contributed by atoms with Gasteiger partial charge in [-0.05, 0) is 30.3 Å². The third-order valence-electron chi connectivity index (χ3n) is 3.64. The number of halogens is 2. The molecular weight excluding hydrogens is 349 g/mol. The number of carbonyl (C=O) groups excluding carboxylic acids is 3. The molecule has 1 heterocycles. The first kappa shape index (κ1) is 16.9. The van der Waals surface area contributed by atoms with Gasteiger partial charge in [0.25, 0.3) is 5.91 Å². The summed E-state index contributed by atoms with van der Waals surface area (Å²) in [5.74, 6) is -2.07. The van der Waals surface area contributed by atoms with Gasteiger partial charge in [-0.2, -0.15) is 0 Å². The van der Waals surface area contributed by atoms with Gasteiger partial charge in [0.05, 0.1) is 22.7 Å². The summed E-state index contributed by atoms with van der Waals surface area (Å²) < 4.78 is 13.1.